The zero-order chi connectivity index (χ0) is 13.3. The van der Waals surface area contributed by atoms with Gasteiger partial charge in [0.15, 0.2) is 0 Å². The molecule has 4 heteroatoms. The molecule has 1 N–H and O–H groups in total. The highest BCUT2D eigenvalue weighted by atomic mass is 15.1. The number of aromatic nitrogens is 3. The topological polar surface area (TPSA) is 42.7 Å². The van der Waals surface area contributed by atoms with Gasteiger partial charge in [0.1, 0.15) is 0 Å². The van der Waals surface area contributed by atoms with E-state index >= 15 is 0 Å². The maximum Gasteiger partial charge on any atom is 0.0994 e. The van der Waals surface area contributed by atoms with Crippen molar-refractivity contribution in [2.45, 2.75) is 32.1 Å². The van der Waals surface area contributed by atoms with E-state index in [2.05, 4.69) is 39.8 Å². The number of imidazole rings is 1. The molecule has 0 radical (unpaired) electrons. The Hall–Kier alpha value is -1.68. The Labute approximate surface area is 113 Å². The van der Waals surface area contributed by atoms with Crippen LogP contribution in [0.1, 0.15) is 31.0 Å². The minimum atomic E-state index is 0.200. The molecule has 1 aliphatic rings. The van der Waals surface area contributed by atoms with Gasteiger partial charge in [0.2, 0.25) is 0 Å². The highest BCUT2D eigenvalue weighted by Gasteiger charge is 2.31. The minimum absolute atomic E-state index is 0.200. The first kappa shape index (κ1) is 12.4. The average molecular weight is 256 g/mol. The van der Waals surface area contributed by atoms with Crippen molar-refractivity contribution in [2.75, 3.05) is 13.1 Å². The van der Waals surface area contributed by atoms with Crippen molar-refractivity contribution in [3.63, 3.8) is 0 Å². The maximum absolute atomic E-state index is 4.36. The first-order valence-corrected chi connectivity index (χ1v) is 6.85. The van der Waals surface area contributed by atoms with Crippen molar-refractivity contribution in [1.82, 2.24) is 19.9 Å². The summed E-state index contributed by atoms with van der Waals surface area (Å²) in [5.74, 6) is 0. The van der Waals surface area contributed by atoms with Crippen molar-refractivity contribution in [1.29, 1.82) is 0 Å². The van der Waals surface area contributed by atoms with Gasteiger partial charge in [-0.3, -0.25) is 4.98 Å². The van der Waals surface area contributed by atoms with Crippen molar-refractivity contribution < 1.29 is 0 Å². The van der Waals surface area contributed by atoms with Crippen molar-refractivity contribution in [3.8, 4) is 5.69 Å². The van der Waals surface area contributed by atoms with Crippen LogP contribution in [0.15, 0.2) is 31.0 Å². The number of hydrogen-bond acceptors (Lipinski definition) is 3. The van der Waals surface area contributed by atoms with E-state index in [1.807, 2.05) is 24.9 Å². The number of aryl methyl sites for hydroxylation is 1. The normalized spacial score (nSPS) is 18.4. The lowest BCUT2D eigenvalue weighted by atomic mass is 9.78. The summed E-state index contributed by atoms with van der Waals surface area (Å²) in [6.45, 7) is 6.56. The Morgan fingerprint density at radius 1 is 1.16 bits per heavy atom. The van der Waals surface area contributed by atoms with E-state index in [9.17, 15) is 0 Å². The summed E-state index contributed by atoms with van der Waals surface area (Å²) in [7, 11) is 0. The average Bonchev–Trinajstić information content (AvgIpc) is 2.89. The lowest BCUT2D eigenvalue weighted by Gasteiger charge is -2.34. The van der Waals surface area contributed by atoms with Crippen molar-refractivity contribution in [2.24, 2.45) is 0 Å². The summed E-state index contributed by atoms with van der Waals surface area (Å²) in [6.07, 6.45) is 10.00. The van der Waals surface area contributed by atoms with Crippen LogP contribution in [0.2, 0.25) is 0 Å². The molecule has 0 amide bonds. The molecule has 100 valence electrons. The van der Waals surface area contributed by atoms with E-state index in [0.717, 1.165) is 31.6 Å². The third kappa shape index (κ3) is 2.28. The lowest BCUT2D eigenvalue weighted by Crippen LogP contribution is -2.38. The molecule has 0 saturated carbocycles. The molecule has 0 aliphatic carbocycles. The number of piperidine rings is 1. The fourth-order valence-corrected chi connectivity index (χ4v) is 2.85. The van der Waals surface area contributed by atoms with Gasteiger partial charge in [-0.25, -0.2) is 4.98 Å². The van der Waals surface area contributed by atoms with E-state index in [-0.39, 0.29) is 5.41 Å². The summed E-state index contributed by atoms with van der Waals surface area (Å²) in [5, 5.41) is 3.43. The van der Waals surface area contributed by atoms with Crippen molar-refractivity contribution in [3.05, 3.63) is 42.2 Å². The monoisotopic (exact) mass is 256 g/mol. The second kappa shape index (κ2) is 4.78. The van der Waals surface area contributed by atoms with Crippen molar-refractivity contribution >= 4 is 0 Å². The van der Waals surface area contributed by atoms with Crippen LogP contribution in [0.3, 0.4) is 0 Å². The van der Waals surface area contributed by atoms with Gasteiger partial charge in [-0.15, -0.1) is 0 Å². The van der Waals surface area contributed by atoms with Gasteiger partial charge in [-0.2, -0.15) is 0 Å². The fraction of sp³-hybridized carbons (Fsp3) is 0.467. The highest BCUT2D eigenvalue weighted by Crippen LogP contribution is 2.33. The van der Waals surface area contributed by atoms with Crippen LogP contribution in [-0.2, 0) is 5.41 Å². The van der Waals surface area contributed by atoms with Crippen LogP contribution in [-0.4, -0.2) is 27.6 Å². The molecule has 19 heavy (non-hydrogen) atoms. The predicted molar refractivity (Wildman–Crippen MR) is 75.6 cm³/mol. The summed E-state index contributed by atoms with van der Waals surface area (Å²) >= 11 is 0. The Kier molecular flexibility index (Phi) is 3.11. The van der Waals surface area contributed by atoms with Crippen LogP contribution < -0.4 is 5.32 Å². The molecule has 2 aromatic heterocycles. The molecular weight excluding hydrogens is 236 g/mol. The van der Waals surface area contributed by atoms with Gasteiger partial charge >= 0.3 is 0 Å². The SMILES string of the molecule is Cc1cncc(-n2cncc2C2(C)CCNCC2)c1. The molecule has 1 aliphatic heterocycles. The molecule has 3 heterocycles. The van der Waals surface area contributed by atoms with Gasteiger partial charge in [-0.05, 0) is 44.5 Å². The summed E-state index contributed by atoms with van der Waals surface area (Å²) in [5.41, 5.74) is 3.77. The zero-order valence-corrected chi connectivity index (χ0v) is 11.6. The van der Waals surface area contributed by atoms with Crippen LogP contribution in [0.4, 0.5) is 0 Å². The van der Waals surface area contributed by atoms with E-state index in [4.69, 9.17) is 0 Å². The van der Waals surface area contributed by atoms with Crippen LogP contribution in [0.5, 0.6) is 0 Å². The molecule has 0 spiro atoms. The third-order valence-corrected chi connectivity index (χ3v) is 4.10. The van der Waals surface area contributed by atoms with Crippen LogP contribution >= 0.6 is 0 Å². The zero-order valence-electron chi connectivity index (χ0n) is 11.6. The first-order valence-electron chi connectivity index (χ1n) is 6.85. The number of nitrogens with zero attached hydrogens (tertiary/aromatic N) is 3. The van der Waals surface area contributed by atoms with E-state index in [1.165, 1.54) is 11.3 Å². The van der Waals surface area contributed by atoms with Crippen LogP contribution in [0.25, 0.3) is 5.69 Å². The number of nitrogens with one attached hydrogen (secondary N) is 1. The Morgan fingerprint density at radius 3 is 2.68 bits per heavy atom. The van der Waals surface area contributed by atoms with E-state index in [0.29, 0.717) is 0 Å². The molecule has 0 unspecified atom stereocenters. The molecule has 0 aromatic carbocycles. The first-order chi connectivity index (χ1) is 9.19. The maximum atomic E-state index is 4.36. The number of pyridine rings is 1. The van der Waals surface area contributed by atoms with E-state index in [1.54, 1.807) is 0 Å². The second-order valence-electron chi connectivity index (χ2n) is 5.68. The van der Waals surface area contributed by atoms with Gasteiger partial charge in [0, 0.05) is 23.5 Å². The number of hydrogen-bond donors (Lipinski definition) is 1. The molecule has 4 nitrogen and oxygen atoms in total. The summed E-state index contributed by atoms with van der Waals surface area (Å²) in [6, 6.07) is 2.16. The van der Waals surface area contributed by atoms with Gasteiger partial charge in [0.05, 0.1) is 18.2 Å². The Bertz CT molecular complexity index is 567. The molecule has 1 fully saturated rings. The van der Waals surface area contributed by atoms with Crippen LogP contribution in [0, 0.1) is 6.92 Å². The Balaban J connectivity index is 2.03. The molecule has 0 bridgehead atoms. The van der Waals surface area contributed by atoms with Gasteiger partial charge in [0.25, 0.3) is 0 Å². The highest BCUT2D eigenvalue weighted by molar-refractivity contribution is 5.35. The standard InChI is InChI=1S/C15H20N4/c1-12-7-13(9-17-8-12)19-11-18-10-14(19)15(2)3-5-16-6-4-15/h7-11,16H,3-6H2,1-2H3. The van der Waals surface area contributed by atoms with Gasteiger partial charge in [-0.1, -0.05) is 6.92 Å². The quantitative estimate of drug-likeness (QED) is 0.896. The largest absolute Gasteiger partial charge is 0.317 e. The smallest absolute Gasteiger partial charge is 0.0994 e. The van der Waals surface area contributed by atoms with Gasteiger partial charge < -0.3 is 9.88 Å². The second-order valence-corrected chi connectivity index (χ2v) is 5.68. The molecule has 2 aromatic rings. The lowest BCUT2D eigenvalue weighted by molar-refractivity contribution is 0.324. The Morgan fingerprint density at radius 2 is 1.95 bits per heavy atom. The minimum Gasteiger partial charge on any atom is -0.317 e. The number of rotatable bonds is 2. The predicted octanol–water partition coefficient (Wildman–Crippen LogP) is 2.22. The molecule has 1 saturated heterocycles. The molecule has 0 atom stereocenters. The molecular formula is C15H20N4. The molecule has 3 rings (SSSR count). The third-order valence-electron chi connectivity index (χ3n) is 4.10. The summed E-state index contributed by atoms with van der Waals surface area (Å²) in [4.78, 5) is 8.65. The fourth-order valence-electron chi connectivity index (χ4n) is 2.85. The van der Waals surface area contributed by atoms with E-state index < -0.39 is 0 Å². The summed E-state index contributed by atoms with van der Waals surface area (Å²) < 4.78 is 2.19.